The summed E-state index contributed by atoms with van der Waals surface area (Å²) >= 11 is 0. The Labute approximate surface area is 212 Å². The molecule has 0 radical (unpaired) electrons. The smallest absolute Gasteiger partial charge is 0.300 e. The van der Waals surface area contributed by atoms with Crippen molar-refractivity contribution in [2.24, 2.45) is 0 Å². The lowest BCUT2D eigenvalue weighted by atomic mass is 9.84. The zero-order chi connectivity index (χ0) is 26.2. The highest BCUT2D eigenvalue weighted by molar-refractivity contribution is 6.51. The van der Waals surface area contributed by atoms with E-state index in [9.17, 15) is 14.7 Å². The second-order valence-electron chi connectivity index (χ2n) is 10.2. The maximum Gasteiger partial charge on any atom is 0.300 e. The predicted molar refractivity (Wildman–Crippen MR) is 141 cm³/mol. The van der Waals surface area contributed by atoms with Crippen LogP contribution in [0.4, 0.5) is 5.69 Å². The third-order valence-electron chi connectivity index (χ3n) is 6.26. The molecule has 2 heterocycles. The van der Waals surface area contributed by atoms with Crippen LogP contribution in [0, 0.1) is 13.8 Å². The Kier molecular flexibility index (Phi) is 6.72. The number of rotatable bonds is 5. The third-order valence-corrected chi connectivity index (χ3v) is 6.26. The number of ketones is 1. The van der Waals surface area contributed by atoms with E-state index in [-0.39, 0.29) is 16.7 Å². The van der Waals surface area contributed by atoms with Gasteiger partial charge in [0.2, 0.25) is 0 Å². The van der Waals surface area contributed by atoms with Gasteiger partial charge in [-0.1, -0.05) is 32.9 Å². The lowest BCUT2D eigenvalue weighted by Crippen LogP contribution is -2.30. The summed E-state index contributed by atoms with van der Waals surface area (Å²) in [6.07, 6.45) is 1.62. The van der Waals surface area contributed by atoms with Crippen LogP contribution in [0.5, 0.6) is 5.75 Å². The highest BCUT2D eigenvalue weighted by Gasteiger charge is 2.47. The number of carbonyl (C=O) groups excluding carboxylic acids is 2. The van der Waals surface area contributed by atoms with Crippen molar-refractivity contribution < 1.29 is 19.4 Å². The summed E-state index contributed by atoms with van der Waals surface area (Å²) in [5, 5.41) is 11.5. The molecule has 1 aliphatic heterocycles. The molecule has 6 heteroatoms. The summed E-state index contributed by atoms with van der Waals surface area (Å²) in [6.45, 7) is 12.5. The van der Waals surface area contributed by atoms with Gasteiger partial charge in [0.05, 0.1) is 17.9 Å². The van der Waals surface area contributed by atoms with E-state index in [1.165, 1.54) is 4.90 Å². The standard InChI is InChI=1S/C30H32N2O4/c1-7-36-24-12-11-20(17-22(24)30(4,5)6)27(33)25-26(23-10-8-9-13-31-23)32(29(35)28(25)34)21-15-18(2)14-19(3)16-21/h8-17,26,33H,7H2,1-6H3/b27-25-. The molecular weight excluding hydrogens is 452 g/mol. The van der Waals surface area contributed by atoms with Crippen LogP contribution in [0.3, 0.4) is 0 Å². The Morgan fingerprint density at radius 3 is 2.31 bits per heavy atom. The van der Waals surface area contributed by atoms with Gasteiger partial charge in [0.1, 0.15) is 17.6 Å². The van der Waals surface area contributed by atoms with Gasteiger partial charge < -0.3 is 9.84 Å². The van der Waals surface area contributed by atoms with Crippen molar-refractivity contribution in [2.75, 3.05) is 11.5 Å². The molecule has 1 aromatic heterocycles. The van der Waals surface area contributed by atoms with E-state index in [1.807, 2.05) is 45.0 Å². The Balaban J connectivity index is 1.95. The fourth-order valence-corrected chi connectivity index (χ4v) is 4.71. The molecule has 1 N–H and O–H groups in total. The second kappa shape index (κ2) is 9.61. The summed E-state index contributed by atoms with van der Waals surface area (Å²) in [6, 6.07) is 15.6. The maximum absolute atomic E-state index is 13.4. The van der Waals surface area contributed by atoms with Gasteiger partial charge in [-0.05, 0) is 79.8 Å². The SMILES string of the molecule is CCOc1ccc(/C(O)=C2/C(=O)C(=O)N(c3cc(C)cc(C)c3)C2c2ccccn2)cc1C(C)(C)C. The Bertz CT molecular complexity index is 1330. The Morgan fingerprint density at radius 1 is 1.03 bits per heavy atom. The molecule has 1 fully saturated rings. The van der Waals surface area contributed by atoms with Crippen LogP contribution in [0.25, 0.3) is 5.76 Å². The first-order chi connectivity index (χ1) is 17.0. The number of Topliss-reactive ketones (excluding diaryl/α,β-unsaturated/α-hetero) is 1. The number of nitrogens with zero attached hydrogens (tertiary/aromatic N) is 2. The Hall–Kier alpha value is -3.93. The largest absolute Gasteiger partial charge is 0.507 e. The van der Waals surface area contributed by atoms with Crippen LogP contribution in [0.1, 0.15) is 61.7 Å². The maximum atomic E-state index is 13.4. The number of hydrogen-bond acceptors (Lipinski definition) is 5. The molecule has 1 aliphatic rings. The van der Waals surface area contributed by atoms with Crippen LogP contribution in [-0.2, 0) is 15.0 Å². The second-order valence-corrected chi connectivity index (χ2v) is 10.2. The molecule has 0 saturated carbocycles. The zero-order valence-corrected chi connectivity index (χ0v) is 21.6. The molecule has 1 unspecified atom stereocenters. The highest BCUT2D eigenvalue weighted by atomic mass is 16.5. The number of aliphatic hydroxyl groups excluding tert-OH is 1. The van der Waals surface area contributed by atoms with Crippen molar-refractivity contribution in [1.82, 2.24) is 4.98 Å². The van der Waals surface area contributed by atoms with Crippen LogP contribution in [0.15, 0.2) is 66.4 Å². The van der Waals surface area contributed by atoms with Gasteiger partial charge >= 0.3 is 0 Å². The summed E-state index contributed by atoms with van der Waals surface area (Å²) < 4.78 is 5.81. The van der Waals surface area contributed by atoms with Crippen LogP contribution in [0.2, 0.25) is 0 Å². The topological polar surface area (TPSA) is 79.7 Å². The van der Waals surface area contributed by atoms with Crippen molar-refractivity contribution in [2.45, 2.75) is 53.0 Å². The Morgan fingerprint density at radius 2 is 1.72 bits per heavy atom. The molecule has 0 aliphatic carbocycles. The monoisotopic (exact) mass is 484 g/mol. The van der Waals surface area contributed by atoms with Crippen LogP contribution in [-0.4, -0.2) is 28.4 Å². The number of pyridine rings is 1. The normalized spacial score (nSPS) is 17.5. The molecule has 3 aromatic rings. The average Bonchev–Trinajstić information content (AvgIpc) is 3.09. The fraction of sp³-hybridized carbons (Fsp3) is 0.300. The third kappa shape index (κ3) is 4.63. The van der Waals surface area contributed by atoms with Gasteiger partial charge in [-0.25, -0.2) is 0 Å². The fourth-order valence-electron chi connectivity index (χ4n) is 4.71. The first-order valence-corrected chi connectivity index (χ1v) is 12.1. The van der Waals surface area contributed by atoms with E-state index >= 15 is 0 Å². The van der Waals surface area contributed by atoms with Crippen molar-refractivity contribution in [3.05, 3.63) is 94.3 Å². The molecule has 1 atom stereocenters. The summed E-state index contributed by atoms with van der Waals surface area (Å²) in [5.74, 6) is -0.948. The summed E-state index contributed by atoms with van der Waals surface area (Å²) in [7, 11) is 0. The highest BCUT2D eigenvalue weighted by Crippen LogP contribution is 2.43. The number of aromatic nitrogens is 1. The van der Waals surface area contributed by atoms with E-state index in [0.29, 0.717) is 23.6 Å². The lowest BCUT2D eigenvalue weighted by molar-refractivity contribution is -0.132. The van der Waals surface area contributed by atoms with Gasteiger partial charge in [-0.2, -0.15) is 0 Å². The number of benzene rings is 2. The van der Waals surface area contributed by atoms with Crippen molar-refractivity contribution in [3.8, 4) is 5.75 Å². The minimum atomic E-state index is -0.864. The molecule has 1 saturated heterocycles. The average molecular weight is 485 g/mol. The molecule has 0 bridgehead atoms. The summed E-state index contributed by atoms with van der Waals surface area (Å²) in [5.41, 5.74) is 4.11. The van der Waals surface area contributed by atoms with Crippen molar-refractivity contribution in [3.63, 3.8) is 0 Å². The number of carbonyl (C=O) groups is 2. The molecule has 4 rings (SSSR count). The number of hydrogen-bond donors (Lipinski definition) is 1. The van der Waals surface area contributed by atoms with Crippen molar-refractivity contribution in [1.29, 1.82) is 0 Å². The van der Waals surface area contributed by atoms with E-state index in [0.717, 1.165) is 22.4 Å². The molecule has 0 spiro atoms. The van der Waals surface area contributed by atoms with E-state index in [2.05, 4.69) is 25.8 Å². The number of aliphatic hydroxyl groups is 1. The predicted octanol–water partition coefficient (Wildman–Crippen LogP) is 6.02. The van der Waals surface area contributed by atoms with Crippen LogP contribution < -0.4 is 9.64 Å². The summed E-state index contributed by atoms with van der Waals surface area (Å²) in [4.78, 5) is 32.8. The molecule has 1 amide bonds. The molecule has 186 valence electrons. The van der Waals surface area contributed by atoms with Gasteiger partial charge in [0.15, 0.2) is 0 Å². The van der Waals surface area contributed by atoms with Gasteiger partial charge in [0, 0.05) is 23.0 Å². The number of ether oxygens (including phenoxy) is 1. The van der Waals surface area contributed by atoms with Gasteiger partial charge in [-0.15, -0.1) is 0 Å². The number of amides is 1. The molecule has 36 heavy (non-hydrogen) atoms. The van der Waals surface area contributed by atoms with E-state index < -0.39 is 17.7 Å². The minimum absolute atomic E-state index is 0.0156. The quantitative estimate of drug-likeness (QED) is 0.272. The van der Waals surface area contributed by atoms with Crippen molar-refractivity contribution >= 4 is 23.1 Å². The first kappa shape index (κ1) is 25.2. The molecule has 6 nitrogen and oxygen atoms in total. The number of anilines is 1. The number of aryl methyl sites for hydroxylation is 2. The van der Waals surface area contributed by atoms with Gasteiger partial charge in [-0.3, -0.25) is 19.5 Å². The lowest BCUT2D eigenvalue weighted by Gasteiger charge is -2.26. The molecular formula is C30H32N2O4. The van der Waals surface area contributed by atoms with Gasteiger partial charge in [0.25, 0.3) is 11.7 Å². The molecule has 2 aromatic carbocycles. The van der Waals surface area contributed by atoms with Crippen LogP contribution >= 0.6 is 0 Å². The van der Waals surface area contributed by atoms with E-state index in [1.54, 1.807) is 36.5 Å². The van der Waals surface area contributed by atoms with E-state index in [4.69, 9.17) is 4.74 Å². The minimum Gasteiger partial charge on any atom is -0.507 e. The first-order valence-electron chi connectivity index (χ1n) is 12.1. The zero-order valence-electron chi connectivity index (χ0n) is 21.6.